The van der Waals surface area contributed by atoms with E-state index in [4.69, 9.17) is 18.0 Å². The molecule has 2 saturated heterocycles. The molecule has 0 spiro atoms. The molecule has 7 heteroatoms. The molecule has 0 radical (unpaired) electrons. The molecule has 0 atom stereocenters. The van der Waals surface area contributed by atoms with Gasteiger partial charge in [0.25, 0.3) is 0 Å². The highest BCUT2D eigenvalue weighted by Gasteiger charge is 2.25. The van der Waals surface area contributed by atoms with E-state index < -0.39 is 0 Å². The summed E-state index contributed by atoms with van der Waals surface area (Å²) in [6.07, 6.45) is 13.5. The summed E-state index contributed by atoms with van der Waals surface area (Å²) in [5.41, 5.74) is 8.37. The normalized spacial score (nSPS) is 22.1. The zero-order valence-electron chi connectivity index (χ0n) is 19.3. The fourth-order valence-electron chi connectivity index (χ4n) is 5.37. The van der Waals surface area contributed by atoms with E-state index in [1.807, 2.05) is 0 Å². The first kappa shape index (κ1) is 23.8. The number of thioether (sulfide) groups is 1. The molecular formula is C25H39N5S2. The van der Waals surface area contributed by atoms with Gasteiger partial charge in [-0.3, -0.25) is 0 Å². The summed E-state index contributed by atoms with van der Waals surface area (Å²) in [7, 11) is 0. The lowest BCUT2D eigenvalue weighted by Gasteiger charge is -2.41. The van der Waals surface area contributed by atoms with Crippen molar-refractivity contribution in [2.75, 3.05) is 42.1 Å². The van der Waals surface area contributed by atoms with Crippen LogP contribution in [0.1, 0.15) is 64.2 Å². The number of hydrogen-bond donors (Lipinski definition) is 2. The fourth-order valence-corrected chi connectivity index (χ4v) is 6.54. The molecule has 0 unspecified atom stereocenters. The molecule has 176 valence electrons. The SMILES string of the molecule is N/C(=N\C(=S)Nc1ccc(N2CCC(N3CCCCC3)CC2)cc1)SCC1CCCCC1. The van der Waals surface area contributed by atoms with E-state index in [0.29, 0.717) is 10.3 Å². The van der Waals surface area contributed by atoms with Crippen molar-refractivity contribution in [3.63, 3.8) is 0 Å². The van der Waals surface area contributed by atoms with Crippen molar-refractivity contribution >= 4 is 45.6 Å². The number of likely N-dealkylation sites (tertiary alicyclic amines) is 1. The van der Waals surface area contributed by atoms with Gasteiger partial charge in [-0.25, -0.2) is 0 Å². The molecule has 0 bridgehead atoms. The maximum Gasteiger partial charge on any atom is 0.199 e. The lowest BCUT2D eigenvalue weighted by Crippen LogP contribution is -2.46. The largest absolute Gasteiger partial charge is 0.378 e. The first-order chi connectivity index (χ1) is 15.7. The van der Waals surface area contributed by atoms with Gasteiger partial charge in [0.2, 0.25) is 0 Å². The molecular weight excluding hydrogens is 434 g/mol. The summed E-state index contributed by atoms with van der Waals surface area (Å²) in [6, 6.07) is 9.36. The van der Waals surface area contributed by atoms with Gasteiger partial charge in [0, 0.05) is 36.3 Å². The van der Waals surface area contributed by atoms with E-state index in [2.05, 4.69) is 44.4 Å². The van der Waals surface area contributed by atoms with E-state index in [1.54, 1.807) is 11.8 Å². The van der Waals surface area contributed by atoms with Crippen LogP contribution in [-0.2, 0) is 0 Å². The third-order valence-corrected chi connectivity index (χ3v) is 8.48. The Morgan fingerprint density at radius 1 is 0.938 bits per heavy atom. The van der Waals surface area contributed by atoms with E-state index in [-0.39, 0.29) is 0 Å². The first-order valence-electron chi connectivity index (χ1n) is 12.5. The molecule has 0 amide bonds. The third kappa shape index (κ3) is 7.09. The number of rotatable bonds is 5. The Labute approximate surface area is 203 Å². The Morgan fingerprint density at radius 3 is 2.28 bits per heavy atom. The summed E-state index contributed by atoms with van der Waals surface area (Å²) in [6.45, 7) is 4.89. The molecule has 4 rings (SSSR count). The van der Waals surface area contributed by atoms with E-state index in [1.165, 1.54) is 83.0 Å². The van der Waals surface area contributed by atoms with E-state index >= 15 is 0 Å². The highest BCUT2D eigenvalue weighted by atomic mass is 32.2. The zero-order chi connectivity index (χ0) is 22.2. The predicted octanol–water partition coefficient (Wildman–Crippen LogP) is 5.47. The fraction of sp³-hybridized carbons (Fsp3) is 0.680. The Hall–Kier alpha value is -1.31. The van der Waals surface area contributed by atoms with Gasteiger partial charge in [0.05, 0.1) is 0 Å². The number of thiocarbonyl (C=S) groups is 1. The number of aliphatic imine (C=N–C) groups is 1. The number of nitrogens with two attached hydrogens (primary N) is 1. The minimum atomic E-state index is 0.439. The molecule has 3 aliphatic rings. The molecule has 2 heterocycles. The molecule has 0 aromatic heterocycles. The van der Waals surface area contributed by atoms with Gasteiger partial charge in [-0.05, 0) is 94.0 Å². The summed E-state index contributed by atoms with van der Waals surface area (Å²) >= 11 is 7.05. The Bertz CT molecular complexity index is 746. The van der Waals surface area contributed by atoms with Crippen molar-refractivity contribution < 1.29 is 0 Å². The topological polar surface area (TPSA) is 56.9 Å². The molecule has 3 N–H and O–H groups in total. The van der Waals surface area contributed by atoms with Gasteiger partial charge in [0.15, 0.2) is 10.3 Å². The number of nitrogens with one attached hydrogen (secondary N) is 1. The average molecular weight is 474 g/mol. The Kier molecular flexibility index (Phi) is 9.11. The Balaban J connectivity index is 1.20. The molecule has 2 aliphatic heterocycles. The molecule has 1 saturated carbocycles. The van der Waals surface area contributed by atoms with Crippen LogP contribution in [-0.4, -0.2) is 53.2 Å². The minimum absolute atomic E-state index is 0.439. The molecule has 32 heavy (non-hydrogen) atoms. The number of piperidine rings is 2. The monoisotopic (exact) mass is 473 g/mol. The molecule has 1 aromatic rings. The summed E-state index contributed by atoms with van der Waals surface area (Å²) in [4.78, 5) is 9.63. The smallest absolute Gasteiger partial charge is 0.199 e. The van der Waals surface area contributed by atoms with Crippen LogP contribution in [0.2, 0.25) is 0 Å². The lowest BCUT2D eigenvalue weighted by atomic mass is 9.91. The van der Waals surface area contributed by atoms with Gasteiger partial charge < -0.3 is 20.9 Å². The highest BCUT2D eigenvalue weighted by molar-refractivity contribution is 8.13. The molecule has 1 aromatic carbocycles. The number of hydrogen-bond acceptors (Lipinski definition) is 4. The Morgan fingerprint density at radius 2 is 1.59 bits per heavy atom. The predicted molar refractivity (Wildman–Crippen MR) is 144 cm³/mol. The van der Waals surface area contributed by atoms with Gasteiger partial charge in [-0.15, -0.1) is 0 Å². The van der Waals surface area contributed by atoms with Crippen molar-refractivity contribution in [3.05, 3.63) is 24.3 Å². The second-order valence-electron chi connectivity index (χ2n) is 9.56. The zero-order valence-corrected chi connectivity index (χ0v) is 20.9. The van der Waals surface area contributed by atoms with Crippen molar-refractivity contribution in [1.29, 1.82) is 0 Å². The van der Waals surface area contributed by atoms with Crippen LogP contribution in [0.3, 0.4) is 0 Å². The highest BCUT2D eigenvalue weighted by Crippen LogP contribution is 2.27. The summed E-state index contributed by atoms with van der Waals surface area (Å²) in [5, 5.41) is 4.23. The number of amidine groups is 1. The molecule has 1 aliphatic carbocycles. The second kappa shape index (κ2) is 12.2. The van der Waals surface area contributed by atoms with E-state index in [9.17, 15) is 0 Å². The third-order valence-electron chi connectivity index (χ3n) is 7.26. The second-order valence-corrected chi connectivity index (χ2v) is 11.0. The van der Waals surface area contributed by atoms with Crippen molar-refractivity contribution in [2.24, 2.45) is 16.6 Å². The van der Waals surface area contributed by atoms with Crippen LogP contribution >= 0.6 is 24.0 Å². The summed E-state index contributed by atoms with van der Waals surface area (Å²) < 4.78 is 0. The summed E-state index contributed by atoms with van der Waals surface area (Å²) in [5.74, 6) is 1.84. The van der Waals surface area contributed by atoms with E-state index in [0.717, 1.165) is 36.5 Å². The van der Waals surface area contributed by atoms with Crippen LogP contribution in [0.15, 0.2) is 29.3 Å². The average Bonchev–Trinajstić information content (AvgIpc) is 2.84. The van der Waals surface area contributed by atoms with Crippen LogP contribution in [0.5, 0.6) is 0 Å². The van der Waals surface area contributed by atoms with Gasteiger partial charge in [0.1, 0.15) is 0 Å². The van der Waals surface area contributed by atoms with Crippen molar-refractivity contribution in [3.8, 4) is 0 Å². The van der Waals surface area contributed by atoms with Gasteiger partial charge in [-0.1, -0.05) is 37.4 Å². The van der Waals surface area contributed by atoms with Crippen molar-refractivity contribution in [2.45, 2.75) is 70.3 Å². The standard InChI is InChI=1S/C25H39N5S2/c26-24(32-19-20-7-3-1-4-8-20)28-25(31)27-21-9-11-22(12-10-21)30-17-13-23(14-18-30)29-15-5-2-6-16-29/h9-12,20,23H,1-8,13-19H2,(H3,26,27,28,31). The molecule has 5 nitrogen and oxygen atoms in total. The van der Waals surface area contributed by atoms with Crippen LogP contribution in [0, 0.1) is 5.92 Å². The van der Waals surface area contributed by atoms with Gasteiger partial charge >= 0.3 is 0 Å². The lowest BCUT2D eigenvalue weighted by molar-refractivity contribution is 0.141. The first-order valence-corrected chi connectivity index (χ1v) is 13.9. The van der Waals surface area contributed by atoms with Crippen LogP contribution in [0.25, 0.3) is 0 Å². The number of benzene rings is 1. The molecule has 3 fully saturated rings. The van der Waals surface area contributed by atoms with Crippen LogP contribution in [0.4, 0.5) is 11.4 Å². The minimum Gasteiger partial charge on any atom is -0.378 e. The number of anilines is 2. The quantitative estimate of drug-likeness (QED) is 0.336. The maximum atomic E-state index is 6.11. The maximum absolute atomic E-state index is 6.11. The number of nitrogens with zero attached hydrogens (tertiary/aromatic N) is 3. The van der Waals surface area contributed by atoms with Crippen molar-refractivity contribution in [1.82, 2.24) is 4.90 Å². The van der Waals surface area contributed by atoms with Gasteiger partial charge in [-0.2, -0.15) is 4.99 Å². The van der Waals surface area contributed by atoms with Crippen LogP contribution < -0.4 is 16.0 Å².